The van der Waals surface area contributed by atoms with Crippen LogP contribution in [0.2, 0.25) is 0 Å². The number of hydrogen-bond acceptors (Lipinski definition) is 8. The Balaban J connectivity index is 1.74. The number of rotatable bonds is 7. The van der Waals surface area contributed by atoms with Gasteiger partial charge in [0.25, 0.3) is 0 Å². The van der Waals surface area contributed by atoms with E-state index in [0.29, 0.717) is 23.2 Å². The predicted molar refractivity (Wildman–Crippen MR) is 117 cm³/mol. The van der Waals surface area contributed by atoms with Crippen molar-refractivity contribution in [3.05, 3.63) is 30.6 Å². The molecule has 0 spiro atoms. The number of piperidine rings is 1. The van der Waals surface area contributed by atoms with E-state index in [0.717, 1.165) is 47.7 Å². The highest BCUT2D eigenvalue weighted by Crippen LogP contribution is 2.41. The van der Waals surface area contributed by atoms with Crippen LogP contribution in [0, 0.1) is 5.92 Å². The lowest BCUT2D eigenvalue weighted by Gasteiger charge is -2.23. The summed E-state index contributed by atoms with van der Waals surface area (Å²) in [4.78, 5) is 13.9. The molecule has 30 heavy (non-hydrogen) atoms. The molecular weight excluding hydrogens is 382 g/mol. The molecule has 1 unspecified atom stereocenters. The standard InChI is InChI=1S/C22H27N5O3/c1-28-18-9-15(10-19(29-2)21(18)30-3)16-11-17-20(25-8-7-24-17)22(27-16)26-13-14-5-4-6-23-12-14/h7-11,14,23H,4-6,12-13H2,1-3H3,(H,26,27). The van der Waals surface area contributed by atoms with Crippen molar-refractivity contribution in [1.82, 2.24) is 20.3 Å². The second kappa shape index (κ2) is 9.13. The van der Waals surface area contributed by atoms with Gasteiger partial charge in [-0.15, -0.1) is 0 Å². The highest BCUT2D eigenvalue weighted by molar-refractivity contribution is 5.89. The van der Waals surface area contributed by atoms with Crippen LogP contribution in [0.1, 0.15) is 12.8 Å². The van der Waals surface area contributed by atoms with Gasteiger partial charge in [0.1, 0.15) is 5.52 Å². The number of ether oxygens (including phenoxy) is 3. The molecule has 1 fully saturated rings. The summed E-state index contributed by atoms with van der Waals surface area (Å²) in [6, 6.07) is 5.71. The van der Waals surface area contributed by atoms with Crippen molar-refractivity contribution in [2.45, 2.75) is 12.8 Å². The Morgan fingerprint density at radius 2 is 1.80 bits per heavy atom. The van der Waals surface area contributed by atoms with Crippen molar-refractivity contribution in [1.29, 1.82) is 0 Å². The molecule has 0 saturated carbocycles. The van der Waals surface area contributed by atoms with Crippen molar-refractivity contribution in [3.63, 3.8) is 0 Å². The lowest BCUT2D eigenvalue weighted by molar-refractivity contribution is 0.324. The maximum Gasteiger partial charge on any atom is 0.203 e. The monoisotopic (exact) mass is 409 g/mol. The molecule has 0 amide bonds. The first-order valence-corrected chi connectivity index (χ1v) is 10.1. The van der Waals surface area contributed by atoms with Gasteiger partial charge in [0.15, 0.2) is 17.3 Å². The number of hydrogen-bond donors (Lipinski definition) is 2. The maximum atomic E-state index is 5.50. The molecule has 1 atom stereocenters. The lowest BCUT2D eigenvalue weighted by atomic mass is 10.00. The molecule has 1 aliphatic rings. The molecule has 3 aromatic rings. The Bertz CT molecular complexity index is 996. The molecule has 2 aromatic heterocycles. The van der Waals surface area contributed by atoms with Crippen LogP contribution in [0.5, 0.6) is 17.2 Å². The van der Waals surface area contributed by atoms with E-state index in [1.807, 2.05) is 18.2 Å². The summed E-state index contributed by atoms with van der Waals surface area (Å²) >= 11 is 0. The lowest BCUT2D eigenvalue weighted by Crippen LogP contribution is -2.33. The molecule has 3 heterocycles. The van der Waals surface area contributed by atoms with Gasteiger partial charge < -0.3 is 24.8 Å². The molecule has 0 aliphatic carbocycles. The fourth-order valence-corrected chi connectivity index (χ4v) is 3.81. The Labute approximate surface area is 176 Å². The molecule has 1 aromatic carbocycles. The van der Waals surface area contributed by atoms with Crippen LogP contribution in [0.3, 0.4) is 0 Å². The van der Waals surface area contributed by atoms with Crippen molar-refractivity contribution < 1.29 is 14.2 Å². The van der Waals surface area contributed by atoms with Crippen LogP contribution in [0.15, 0.2) is 30.6 Å². The summed E-state index contributed by atoms with van der Waals surface area (Å²) in [6.07, 6.45) is 5.79. The van der Waals surface area contributed by atoms with Gasteiger partial charge in [0.05, 0.1) is 32.5 Å². The van der Waals surface area contributed by atoms with E-state index in [4.69, 9.17) is 19.2 Å². The van der Waals surface area contributed by atoms with Gasteiger partial charge in [-0.2, -0.15) is 0 Å². The topological polar surface area (TPSA) is 90.4 Å². The minimum absolute atomic E-state index is 0.549. The predicted octanol–water partition coefficient (Wildman–Crippen LogP) is 3.13. The molecule has 2 N–H and O–H groups in total. The third-order valence-corrected chi connectivity index (χ3v) is 5.37. The summed E-state index contributed by atoms with van der Waals surface area (Å²) in [5.74, 6) is 3.01. The number of benzene rings is 1. The van der Waals surface area contributed by atoms with Gasteiger partial charge in [0, 0.05) is 24.5 Å². The number of aromatic nitrogens is 3. The van der Waals surface area contributed by atoms with Crippen molar-refractivity contribution in [2.75, 3.05) is 46.3 Å². The second-order valence-electron chi connectivity index (χ2n) is 7.29. The number of methoxy groups -OCH3 is 3. The van der Waals surface area contributed by atoms with Crippen LogP contribution in [-0.2, 0) is 0 Å². The van der Waals surface area contributed by atoms with E-state index < -0.39 is 0 Å². The van der Waals surface area contributed by atoms with E-state index >= 15 is 0 Å². The third kappa shape index (κ3) is 4.09. The first-order chi connectivity index (χ1) is 14.7. The zero-order valence-corrected chi connectivity index (χ0v) is 17.6. The third-order valence-electron chi connectivity index (χ3n) is 5.37. The highest BCUT2D eigenvalue weighted by Gasteiger charge is 2.18. The Morgan fingerprint density at radius 3 is 2.47 bits per heavy atom. The largest absolute Gasteiger partial charge is 0.493 e. The van der Waals surface area contributed by atoms with E-state index in [2.05, 4.69) is 20.6 Å². The Kier molecular flexibility index (Phi) is 6.13. The van der Waals surface area contributed by atoms with E-state index in [9.17, 15) is 0 Å². The van der Waals surface area contributed by atoms with Crippen LogP contribution in [0.4, 0.5) is 5.82 Å². The minimum atomic E-state index is 0.549. The zero-order chi connectivity index (χ0) is 20.9. The Hall–Kier alpha value is -3.13. The van der Waals surface area contributed by atoms with Gasteiger partial charge in [-0.25, -0.2) is 9.97 Å². The average molecular weight is 409 g/mol. The normalized spacial score (nSPS) is 16.3. The average Bonchev–Trinajstić information content (AvgIpc) is 2.81. The molecular formula is C22H27N5O3. The molecule has 158 valence electrons. The number of nitrogens with zero attached hydrogens (tertiary/aromatic N) is 3. The highest BCUT2D eigenvalue weighted by atomic mass is 16.5. The van der Waals surface area contributed by atoms with Gasteiger partial charge in [-0.3, -0.25) is 4.98 Å². The van der Waals surface area contributed by atoms with Crippen LogP contribution < -0.4 is 24.8 Å². The summed E-state index contributed by atoms with van der Waals surface area (Å²) in [6.45, 7) is 2.95. The molecule has 1 aliphatic heterocycles. The molecule has 8 heteroatoms. The van der Waals surface area contributed by atoms with Crippen molar-refractivity contribution in [3.8, 4) is 28.5 Å². The van der Waals surface area contributed by atoms with Crippen LogP contribution in [0.25, 0.3) is 22.3 Å². The summed E-state index contributed by atoms with van der Waals surface area (Å²) in [5.41, 5.74) is 3.14. The summed E-state index contributed by atoms with van der Waals surface area (Å²) in [5, 5.41) is 6.96. The first-order valence-electron chi connectivity index (χ1n) is 10.1. The second-order valence-corrected chi connectivity index (χ2v) is 7.29. The van der Waals surface area contributed by atoms with E-state index in [-0.39, 0.29) is 0 Å². The van der Waals surface area contributed by atoms with E-state index in [1.165, 1.54) is 12.8 Å². The zero-order valence-electron chi connectivity index (χ0n) is 17.6. The van der Waals surface area contributed by atoms with Gasteiger partial charge in [0.2, 0.25) is 5.75 Å². The Morgan fingerprint density at radius 1 is 1.03 bits per heavy atom. The fourth-order valence-electron chi connectivity index (χ4n) is 3.81. The van der Waals surface area contributed by atoms with Gasteiger partial charge in [-0.05, 0) is 50.0 Å². The van der Waals surface area contributed by atoms with Crippen LogP contribution >= 0.6 is 0 Å². The minimum Gasteiger partial charge on any atom is -0.493 e. The SMILES string of the molecule is COc1cc(-c2cc3nccnc3c(NCC3CCCNC3)n2)cc(OC)c1OC. The molecule has 8 nitrogen and oxygen atoms in total. The smallest absolute Gasteiger partial charge is 0.203 e. The molecule has 4 rings (SSSR count). The van der Waals surface area contributed by atoms with Gasteiger partial charge in [-0.1, -0.05) is 0 Å². The van der Waals surface area contributed by atoms with Crippen LogP contribution in [-0.4, -0.2) is 55.9 Å². The number of fused-ring (bicyclic) bond motifs is 1. The number of pyridine rings is 1. The maximum absolute atomic E-state index is 5.50. The molecule has 0 bridgehead atoms. The quantitative estimate of drug-likeness (QED) is 0.615. The fraction of sp³-hybridized carbons (Fsp3) is 0.409. The molecule has 0 radical (unpaired) electrons. The van der Waals surface area contributed by atoms with Crippen molar-refractivity contribution >= 4 is 16.9 Å². The van der Waals surface area contributed by atoms with E-state index in [1.54, 1.807) is 33.7 Å². The van der Waals surface area contributed by atoms with Crippen molar-refractivity contribution in [2.24, 2.45) is 5.92 Å². The number of nitrogens with one attached hydrogen (secondary N) is 2. The summed E-state index contributed by atoms with van der Waals surface area (Å²) < 4.78 is 16.4. The van der Waals surface area contributed by atoms with Gasteiger partial charge >= 0.3 is 0 Å². The summed E-state index contributed by atoms with van der Waals surface area (Å²) in [7, 11) is 4.79. The molecule has 1 saturated heterocycles. The first kappa shape index (κ1) is 20.2. The number of anilines is 1.